The summed E-state index contributed by atoms with van der Waals surface area (Å²) in [5.41, 5.74) is 0.630. The number of benzene rings is 1. The van der Waals surface area contributed by atoms with E-state index in [2.05, 4.69) is 14.9 Å². The second-order valence-corrected chi connectivity index (χ2v) is 8.03. The Morgan fingerprint density at radius 3 is 2.67 bits per heavy atom. The van der Waals surface area contributed by atoms with Crippen LogP contribution in [0.1, 0.15) is 16.0 Å². The van der Waals surface area contributed by atoms with Gasteiger partial charge in [-0.25, -0.2) is 8.42 Å². The SMILES string of the molecule is Cc1snc(S(=O)(=O)C/C(C#N)=N/Nc2cccc(C(F)(F)F)c2)c1C#N. The van der Waals surface area contributed by atoms with Crippen molar-refractivity contribution in [1.82, 2.24) is 4.37 Å². The fourth-order valence-electron chi connectivity index (χ4n) is 1.93. The van der Waals surface area contributed by atoms with Crippen LogP contribution in [0.2, 0.25) is 0 Å². The van der Waals surface area contributed by atoms with Gasteiger partial charge in [0.25, 0.3) is 0 Å². The van der Waals surface area contributed by atoms with Crippen LogP contribution in [0.25, 0.3) is 0 Å². The number of aryl methyl sites for hydroxylation is 1. The Morgan fingerprint density at radius 1 is 1.37 bits per heavy atom. The van der Waals surface area contributed by atoms with E-state index in [0.717, 1.165) is 29.7 Å². The average Bonchev–Trinajstić information content (AvgIpc) is 2.99. The minimum atomic E-state index is -4.56. The molecule has 0 bridgehead atoms. The van der Waals surface area contributed by atoms with Crippen molar-refractivity contribution in [2.45, 2.75) is 18.1 Å². The van der Waals surface area contributed by atoms with Crippen molar-refractivity contribution >= 4 is 32.8 Å². The van der Waals surface area contributed by atoms with Gasteiger partial charge >= 0.3 is 6.18 Å². The lowest BCUT2D eigenvalue weighted by atomic mass is 10.2. The van der Waals surface area contributed by atoms with Crippen LogP contribution >= 0.6 is 11.5 Å². The highest BCUT2D eigenvalue weighted by atomic mass is 32.2. The Labute approximate surface area is 156 Å². The smallest absolute Gasteiger partial charge is 0.278 e. The predicted octanol–water partition coefficient (Wildman–Crippen LogP) is 3.11. The van der Waals surface area contributed by atoms with Crippen LogP contribution in [0.15, 0.2) is 34.4 Å². The fraction of sp³-hybridized carbons (Fsp3) is 0.200. The van der Waals surface area contributed by atoms with Gasteiger partial charge in [-0.2, -0.15) is 33.2 Å². The summed E-state index contributed by atoms with van der Waals surface area (Å²) in [7, 11) is -4.13. The van der Waals surface area contributed by atoms with Crippen molar-refractivity contribution in [3.63, 3.8) is 0 Å². The van der Waals surface area contributed by atoms with Gasteiger partial charge in [-0.1, -0.05) is 6.07 Å². The number of hydrazone groups is 1. The lowest BCUT2D eigenvalue weighted by Gasteiger charge is -2.08. The molecule has 2 aromatic rings. The molecule has 0 aliphatic heterocycles. The van der Waals surface area contributed by atoms with Crippen molar-refractivity contribution < 1.29 is 21.6 Å². The maximum absolute atomic E-state index is 12.7. The third-order valence-electron chi connectivity index (χ3n) is 3.20. The Bertz CT molecular complexity index is 1080. The summed E-state index contributed by atoms with van der Waals surface area (Å²) >= 11 is 0.835. The topological polar surface area (TPSA) is 119 Å². The van der Waals surface area contributed by atoms with Gasteiger partial charge in [0.05, 0.1) is 11.3 Å². The van der Waals surface area contributed by atoms with Crippen molar-refractivity contribution in [2.24, 2.45) is 5.10 Å². The molecule has 0 unspecified atom stereocenters. The maximum atomic E-state index is 12.7. The molecule has 1 aromatic heterocycles. The second-order valence-electron chi connectivity index (χ2n) is 5.15. The van der Waals surface area contributed by atoms with Gasteiger partial charge in [0, 0.05) is 4.88 Å². The van der Waals surface area contributed by atoms with E-state index in [9.17, 15) is 21.6 Å². The van der Waals surface area contributed by atoms with Crippen LogP contribution < -0.4 is 5.43 Å². The summed E-state index contributed by atoms with van der Waals surface area (Å²) in [6.45, 7) is 1.53. The molecule has 0 aliphatic carbocycles. The molecule has 1 heterocycles. The van der Waals surface area contributed by atoms with Crippen LogP contribution in [0.3, 0.4) is 0 Å². The normalized spacial score (nSPS) is 12.3. The first-order chi connectivity index (χ1) is 12.6. The fourth-order valence-corrected chi connectivity index (χ4v) is 4.24. The van der Waals surface area contributed by atoms with Gasteiger partial charge in [-0.3, -0.25) is 5.43 Å². The summed E-state index contributed by atoms with van der Waals surface area (Å²) in [6, 6.07) is 7.35. The number of anilines is 1. The van der Waals surface area contributed by atoms with Crippen LogP contribution in [-0.2, 0) is 16.0 Å². The number of hydrogen-bond donors (Lipinski definition) is 1. The molecule has 7 nitrogen and oxygen atoms in total. The molecule has 0 radical (unpaired) electrons. The van der Waals surface area contributed by atoms with Gasteiger partial charge in [0.1, 0.15) is 23.5 Å². The molecule has 27 heavy (non-hydrogen) atoms. The van der Waals surface area contributed by atoms with Crippen LogP contribution in [0.5, 0.6) is 0 Å². The molecule has 0 atom stereocenters. The number of rotatable bonds is 5. The third-order valence-corrected chi connectivity index (χ3v) is 5.61. The number of aromatic nitrogens is 1. The van der Waals surface area contributed by atoms with E-state index >= 15 is 0 Å². The van der Waals surface area contributed by atoms with Gasteiger partial charge in [-0.15, -0.1) is 0 Å². The lowest BCUT2D eigenvalue weighted by Crippen LogP contribution is -2.17. The molecular formula is C15H10F3N5O2S2. The second kappa shape index (κ2) is 7.73. The summed E-state index contributed by atoms with van der Waals surface area (Å²) in [4.78, 5) is 0.411. The predicted molar refractivity (Wildman–Crippen MR) is 91.7 cm³/mol. The van der Waals surface area contributed by atoms with Crippen molar-refractivity contribution in [2.75, 3.05) is 11.2 Å². The number of alkyl halides is 3. The first kappa shape index (κ1) is 20.4. The molecule has 0 fully saturated rings. The Hall–Kier alpha value is -2.96. The van der Waals surface area contributed by atoms with Gasteiger partial charge in [-0.05, 0) is 36.7 Å². The van der Waals surface area contributed by atoms with E-state index in [1.165, 1.54) is 13.0 Å². The van der Waals surface area contributed by atoms with E-state index in [1.807, 2.05) is 0 Å². The molecule has 2 rings (SSSR count). The highest BCUT2D eigenvalue weighted by molar-refractivity contribution is 7.92. The van der Waals surface area contributed by atoms with Gasteiger partial charge < -0.3 is 0 Å². The molecule has 0 saturated carbocycles. The van der Waals surface area contributed by atoms with Crippen molar-refractivity contribution in [3.8, 4) is 12.1 Å². The minimum absolute atomic E-state index is 0.0720. The number of nitrogens with zero attached hydrogens (tertiary/aromatic N) is 4. The number of sulfone groups is 1. The zero-order valence-electron chi connectivity index (χ0n) is 13.6. The summed E-state index contributed by atoms with van der Waals surface area (Å²) in [6.07, 6.45) is -4.56. The summed E-state index contributed by atoms with van der Waals surface area (Å²) in [5.74, 6) is -0.854. The number of nitriles is 2. The number of hydrogen-bond acceptors (Lipinski definition) is 8. The lowest BCUT2D eigenvalue weighted by molar-refractivity contribution is -0.137. The highest BCUT2D eigenvalue weighted by Crippen LogP contribution is 2.30. The molecule has 1 aromatic carbocycles. The monoisotopic (exact) mass is 413 g/mol. The third kappa shape index (κ3) is 4.81. The van der Waals surface area contributed by atoms with E-state index < -0.39 is 38.1 Å². The number of halogens is 3. The van der Waals surface area contributed by atoms with Gasteiger partial charge in [0.2, 0.25) is 9.84 Å². The quantitative estimate of drug-likeness (QED) is 0.594. The summed E-state index contributed by atoms with van der Waals surface area (Å²) in [5, 5.41) is 21.2. The van der Waals surface area contributed by atoms with E-state index in [-0.39, 0.29) is 11.3 Å². The largest absolute Gasteiger partial charge is 0.416 e. The maximum Gasteiger partial charge on any atom is 0.416 e. The molecule has 140 valence electrons. The van der Waals surface area contributed by atoms with E-state index in [1.54, 1.807) is 12.1 Å². The first-order valence-corrected chi connectivity index (χ1v) is 9.50. The molecule has 12 heteroatoms. The number of nitrogens with one attached hydrogen (secondary N) is 1. The van der Waals surface area contributed by atoms with E-state index in [0.29, 0.717) is 4.88 Å². The molecular weight excluding hydrogens is 403 g/mol. The average molecular weight is 413 g/mol. The van der Waals surface area contributed by atoms with Crippen molar-refractivity contribution in [1.29, 1.82) is 10.5 Å². The molecule has 0 amide bonds. The van der Waals surface area contributed by atoms with Crippen LogP contribution in [-0.4, -0.2) is 24.3 Å². The van der Waals surface area contributed by atoms with Gasteiger partial charge in [0.15, 0.2) is 10.7 Å². The first-order valence-electron chi connectivity index (χ1n) is 7.07. The Kier molecular flexibility index (Phi) is 5.83. The Morgan fingerprint density at radius 2 is 2.07 bits per heavy atom. The minimum Gasteiger partial charge on any atom is -0.278 e. The zero-order chi connectivity index (χ0) is 20.2. The molecule has 0 spiro atoms. The van der Waals surface area contributed by atoms with Crippen molar-refractivity contribution in [3.05, 3.63) is 40.3 Å². The van der Waals surface area contributed by atoms with Crippen LogP contribution in [0, 0.1) is 29.6 Å². The highest BCUT2D eigenvalue weighted by Gasteiger charge is 2.30. The van der Waals surface area contributed by atoms with Crippen LogP contribution in [0.4, 0.5) is 18.9 Å². The Balaban J connectivity index is 2.25. The van der Waals surface area contributed by atoms with E-state index in [4.69, 9.17) is 10.5 Å². The zero-order valence-corrected chi connectivity index (χ0v) is 15.2. The molecule has 0 aliphatic rings. The summed E-state index contributed by atoms with van der Waals surface area (Å²) < 4.78 is 66.5. The molecule has 0 saturated heterocycles. The molecule has 1 N–H and O–H groups in total. The standard InChI is InChI=1S/C15H10F3N5O2S2/c1-9-13(7-20)14(23-26-9)27(24,25)8-12(6-19)22-21-11-4-2-3-10(5-11)15(16,17)18/h2-5,21H,8H2,1H3/b22-12+.